The van der Waals surface area contributed by atoms with Crippen molar-refractivity contribution in [1.82, 2.24) is 0 Å². The van der Waals surface area contributed by atoms with E-state index in [1.165, 1.54) is 7.11 Å². The maximum Gasteiger partial charge on any atom is 0.338 e. The highest BCUT2D eigenvalue weighted by molar-refractivity contribution is 5.89. The van der Waals surface area contributed by atoms with Gasteiger partial charge in [-0.2, -0.15) is 0 Å². The fourth-order valence-electron chi connectivity index (χ4n) is 1.24. The van der Waals surface area contributed by atoms with Crippen LogP contribution in [0, 0.1) is 0 Å². The number of hydrogen-bond acceptors (Lipinski definition) is 4. The third-order valence-electron chi connectivity index (χ3n) is 1.96. The smallest absolute Gasteiger partial charge is 0.338 e. The van der Waals surface area contributed by atoms with E-state index >= 15 is 0 Å². The number of methoxy groups -OCH3 is 1. The molecule has 0 saturated carbocycles. The van der Waals surface area contributed by atoms with E-state index in [2.05, 4.69) is 0 Å². The molecule has 0 heterocycles. The van der Waals surface area contributed by atoms with Crippen LogP contribution in [-0.4, -0.2) is 24.8 Å². The number of rotatable bonds is 4. The van der Waals surface area contributed by atoms with Gasteiger partial charge in [-0.15, -0.1) is 0 Å². The van der Waals surface area contributed by atoms with E-state index < -0.39 is 5.97 Å². The van der Waals surface area contributed by atoms with Gasteiger partial charge in [0.1, 0.15) is 5.75 Å². The van der Waals surface area contributed by atoms with E-state index in [0.717, 1.165) is 0 Å². The Morgan fingerprint density at radius 2 is 2.20 bits per heavy atom. The molecular weight excluding hydrogens is 196 g/mol. The summed E-state index contributed by atoms with van der Waals surface area (Å²) in [5.74, 6) is 0.167. The van der Waals surface area contributed by atoms with Gasteiger partial charge in [0.25, 0.3) is 0 Å². The molecule has 0 aliphatic rings. The zero-order valence-electron chi connectivity index (χ0n) is 8.82. The zero-order valence-corrected chi connectivity index (χ0v) is 8.82. The Kier molecular flexibility index (Phi) is 4.12. The van der Waals surface area contributed by atoms with Crippen molar-refractivity contribution in [2.24, 2.45) is 0 Å². The Bertz CT molecular complexity index is 346. The summed E-state index contributed by atoms with van der Waals surface area (Å²) in [5.41, 5.74) is 0.991. The molecule has 1 rings (SSSR count). The Morgan fingerprint density at radius 1 is 1.47 bits per heavy atom. The van der Waals surface area contributed by atoms with E-state index in [4.69, 9.17) is 14.6 Å². The summed E-state index contributed by atoms with van der Waals surface area (Å²) in [7, 11) is 1.51. The maximum absolute atomic E-state index is 11.4. The SMILES string of the molecule is CCOC(=O)c1ccc(OC)c(CO)c1. The predicted octanol–water partition coefficient (Wildman–Crippen LogP) is 1.36. The van der Waals surface area contributed by atoms with Crippen LogP contribution in [0.2, 0.25) is 0 Å². The normalized spacial score (nSPS) is 9.80. The van der Waals surface area contributed by atoms with Crippen molar-refractivity contribution >= 4 is 5.97 Å². The van der Waals surface area contributed by atoms with E-state index in [0.29, 0.717) is 23.5 Å². The molecule has 0 aliphatic carbocycles. The minimum absolute atomic E-state index is 0.170. The molecule has 1 N–H and O–H groups in total. The van der Waals surface area contributed by atoms with Crippen LogP contribution in [0.15, 0.2) is 18.2 Å². The zero-order chi connectivity index (χ0) is 11.3. The topological polar surface area (TPSA) is 55.8 Å². The Balaban J connectivity index is 2.97. The van der Waals surface area contributed by atoms with Gasteiger partial charge in [0.15, 0.2) is 0 Å². The number of esters is 1. The van der Waals surface area contributed by atoms with Crippen molar-refractivity contribution in [3.05, 3.63) is 29.3 Å². The van der Waals surface area contributed by atoms with E-state index in [1.54, 1.807) is 25.1 Å². The lowest BCUT2D eigenvalue weighted by Gasteiger charge is -2.08. The predicted molar refractivity (Wildman–Crippen MR) is 54.9 cm³/mol. The minimum Gasteiger partial charge on any atom is -0.496 e. The van der Waals surface area contributed by atoms with E-state index in [9.17, 15) is 4.79 Å². The standard InChI is InChI=1S/C11H14O4/c1-3-15-11(13)8-4-5-10(14-2)9(6-8)7-12/h4-6,12H,3,7H2,1-2H3. The van der Waals surface area contributed by atoms with Crippen LogP contribution in [0.5, 0.6) is 5.75 Å². The molecule has 0 radical (unpaired) electrons. The summed E-state index contributed by atoms with van der Waals surface area (Å²) in [6.45, 7) is 1.91. The first-order chi connectivity index (χ1) is 7.22. The van der Waals surface area contributed by atoms with Crippen molar-refractivity contribution in [2.45, 2.75) is 13.5 Å². The first kappa shape index (κ1) is 11.5. The summed E-state index contributed by atoms with van der Waals surface area (Å²) >= 11 is 0. The van der Waals surface area contributed by atoms with Crippen molar-refractivity contribution in [1.29, 1.82) is 0 Å². The third-order valence-corrected chi connectivity index (χ3v) is 1.96. The monoisotopic (exact) mass is 210 g/mol. The van der Waals surface area contributed by atoms with Gasteiger partial charge in [0.05, 0.1) is 25.9 Å². The van der Waals surface area contributed by atoms with Crippen molar-refractivity contribution < 1.29 is 19.4 Å². The second-order valence-electron chi connectivity index (χ2n) is 2.91. The van der Waals surface area contributed by atoms with Gasteiger partial charge in [-0.3, -0.25) is 0 Å². The first-order valence-electron chi connectivity index (χ1n) is 4.67. The molecule has 4 nitrogen and oxygen atoms in total. The lowest BCUT2D eigenvalue weighted by molar-refractivity contribution is 0.0526. The van der Waals surface area contributed by atoms with Gasteiger partial charge in [0.2, 0.25) is 0 Å². The molecule has 0 fully saturated rings. The minimum atomic E-state index is -0.394. The number of aliphatic hydroxyl groups is 1. The Labute approximate surface area is 88.4 Å². The molecule has 0 unspecified atom stereocenters. The number of benzene rings is 1. The number of ether oxygens (including phenoxy) is 2. The summed E-state index contributed by atoms with van der Waals surface area (Å²) < 4.78 is 9.86. The van der Waals surface area contributed by atoms with Crippen LogP contribution in [-0.2, 0) is 11.3 Å². The Hall–Kier alpha value is -1.55. The average Bonchev–Trinajstić information content (AvgIpc) is 2.28. The van der Waals surface area contributed by atoms with Crippen LogP contribution in [0.4, 0.5) is 0 Å². The number of aliphatic hydroxyl groups excluding tert-OH is 1. The second kappa shape index (κ2) is 5.36. The third kappa shape index (κ3) is 2.70. The van der Waals surface area contributed by atoms with E-state index in [1.807, 2.05) is 0 Å². The Morgan fingerprint density at radius 3 is 2.73 bits per heavy atom. The molecule has 0 amide bonds. The van der Waals surface area contributed by atoms with Gasteiger partial charge in [-0.1, -0.05) is 0 Å². The average molecular weight is 210 g/mol. The second-order valence-corrected chi connectivity index (χ2v) is 2.91. The lowest BCUT2D eigenvalue weighted by atomic mass is 10.1. The number of carbonyl (C=O) groups excluding carboxylic acids is 1. The van der Waals surface area contributed by atoms with Gasteiger partial charge >= 0.3 is 5.97 Å². The summed E-state index contributed by atoms with van der Waals surface area (Å²) in [5, 5.41) is 9.05. The fourth-order valence-corrected chi connectivity index (χ4v) is 1.24. The van der Waals surface area contributed by atoms with Crippen LogP contribution in [0.3, 0.4) is 0 Å². The van der Waals surface area contributed by atoms with Crippen LogP contribution < -0.4 is 4.74 Å². The fraction of sp³-hybridized carbons (Fsp3) is 0.364. The molecule has 0 aliphatic heterocycles. The van der Waals surface area contributed by atoms with Crippen molar-refractivity contribution in [2.75, 3.05) is 13.7 Å². The molecule has 1 aromatic carbocycles. The molecule has 0 atom stereocenters. The first-order valence-corrected chi connectivity index (χ1v) is 4.67. The highest BCUT2D eigenvalue weighted by Crippen LogP contribution is 2.20. The molecule has 0 bridgehead atoms. The van der Waals surface area contributed by atoms with Crippen LogP contribution >= 0.6 is 0 Å². The van der Waals surface area contributed by atoms with Gasteiger partial charge in [0, 0.05) is 5.56 Å². The van der Waals surface area contributed by atoms with Gasteiger partial charge in [-0.25, -0.2) is 4.79 Å². The van der Waals surface area contributed by atoms with Crippen LogP contribution in [0.1, 0.15) is 22.8 Å². The molecule has 4 heteroatoms. The largest absolute Gasteiger partial charge is 0.496 e. The van der Waals surface area contributed by atoms with Gasteiger partial charge < -0.3 is 14.6 Å². The lowest BCUT2D eigenvalue weighted by Crippen LogP contribution is -2.05. The number of carbonyl (C=O) groups is 1. The molecular formula is C11H14O4. The molecule has 0 spiro atoms. The van der Waals surface area contributed by atoms with Gasteiger partial charge in [-0.05, 0) is 25.1 Å². The summed E-state index contributed by atoms with van der Waals surface area (Å²) in [4.78, 5) is 11.4. The quantitative estimate of drug-likeness (QED) is 0.762. The molecule has 0 aromatic heterocycles. The molecule has 1 aromatic rings. The summed E-state index contributed by atoms with van der Waals surface area (Å²) in [6.07, 6.45) is 0. The van der Waals surface area contributed by atoms with Crippen molar-refractivity contribution in [3.8, 4) is 5.75 Å². The molecule has 15 heavy (non-hydrogen) atoms. The molecule has 0 saturated heterocycles. The summed E-state index contributed by atoms with van der Waals surface area (Å²) in [6, 6.07) is 4.81. The maximum atomic E-state index is 11.4. The van der Waals surface area contributed by atoms with Crippen molar-refractivity contribution in [3.63, 3.8) is 0 Å². The number of hydrogen-bond donors (Lipinski definition) is 1. The van der Waals surface area contributed by atoms with E-state index in [-0.39, 0.29) is 6.61 Å². The highest BCUT2D eigenvalue weighted by Gasteiger charge is 2.09. The molecule has 82 valence electrons. The highest BCUT2D eigenvalue weighted by atomic mass is 16.5. The van der Waals surface area contributed by atoms with Crippen LogP contribution in [0.25, 0.3) is 0 Å².